The first-order chi connectivity index (χ1) is 49.7. The lowest BCUT2D eigenvalue weighted by molar-refractivity contribution is 0.351. The van der Waals surface area contributed by atoms with E-state index >= 15 is 8.78 Å². The molecule has 0 aliphatic carbocycles. The first-order valence-corrected chi connectivity index (χ1v) is 47.8. The van der Waals surface area contributed by atoms with Gasteiger partial charge in [0.15, 0.2) is 11.6 Å². The molecule has 8 heterocycles. The Bertz CT molecular complexity index is 4600. The van der Waals surface area contributed by atoms with Gasteiger partial charge in [-0.1, -0.05) is 251 Å². The van der Waals surface area contributed by atoms with Crippen molar-refractivity contribution in [2.75, 3.05) is 0 Å². The lowest BCUT2D eigenvalue weighted by atomic mass is 9.98. The largest absolute Gasteiger partial charge is 0.461 e. The zero-order valence-corrected chi connectivity index (χ0v) is 68.3. The quantitative estimate of drug-likeness (QED) is 0.0357. The van der Waals surface area contributed by atoms with Gasteiger partial charge in [0.1, 0.15) is 44.8 Å². The van der Waals surface area contributed by atoms with Crippen LogP contribution >= 0.6 is 45.3 Å². The molecule has 12 rings (SSSR count). The fourth-order valence-electron chi connectivity index (χ4n) is 16.0. The SMILES string of the molecule is CCCCC(CC)Cn1nc2c(C)ccc(-c3ccc(-c4ccc(-c5ccc(-c6ccc(-c7cc8c(-c9ccc([Si](CCCC)(CCCC)CCCC)s9)c9oc(C)cc9c(-c9ccc([Si](CCCC)(CCCC)CCCC)s9)c8o7)c7nn(CC(CC)CCCC)nc67)s5)c(F)c4F)s3)c2n1. The molecule has 0 aliphatic rings. The van der Waals surface area contributed by atoms with Gasteiger partial charge in [-0.25, -0.2) is 8.78 Å². The van der Waals surface area contributed by atoms with E-state index in [1.807, 2.05) is 56.5 Å². The van der Waals surface area contributed by atoms with Crippen molar-refractivity contribution in [3.8, 4) is 74.0 Å². The van der Waals surface area contributed by atoms with Crippen molar-refractivity contribution in [2.24, 2.45) is 11.8 Å². The van der Waals surface area contributed by atoms with Crippen LogP contribution in [0.5, 0.6) is 0 Å². The first-order valence-electron chi connectivity index (χ1n) is 39.3. The van der Waals surface area contributed by atoms with E-state index in [0.29, 0.717) is 28.1 Å². The van der Waals surface area contributed by atoms with Crippen molar-refractivity contribution in [1.29, 1.82) is 0 Å². The van der Waals surface area contributed by atoms with Gasteiger partial charge in [0.05, 0.1) is 29.2 Å². The molecule has 0 bridgehead atoms. The summed E-state index contributed by atoms with van der Waals surface area (Å²) in [6.45, 7) is 28.8. The molecule has 16 heteroatoms. The van der Waals surface area contributed by atoms with Gasteiger partial charge in [-0.15, -0.1) is 45.3 Å². The van der Waals surface area contributed by atoms with Crippen LogP contribution in [0.3, 0.4) is 0 Å². The Morgan fingerprint density at radius 2 is 0.735 bits per heavy atom. The summed E-state index contributed by atoms with van der Waals surface area (Å²) >= 11 is 6.98. The van der Waals surface area contributed by atoms with Gasteiger partial charge in [-0.05, 0) is 120 Å². The van der Waals surface area contributed by atoms with Crippen molar-refractivity contribution in [1.82, 2.24) is 30.0 Å². The maximum absolute atomic E-state index is 17.0. The Labute approximate surface area is 624 Å². The average Bonchev–Trinajstić information content (AvgIpc) is 1.56. The average molecular weight is 1480 g/mol. The minimum atomic E-state index is -1.86. The summed E-state index contributed by atoms with van der Waals surface area (Å²) in [7, 11) is -3.73. The van der Waals surface area contributed by atoms with Crippen LogP contribution < -0.4 is 9.00 Å². The highest BCUT2D eigenvalue weighted by Crippen LogP contribution is 2.52. The third kappa shape index (κ3) is 15.7. The Morgan fingerprint density at radius 3 is 1.17 bits per heavy atom. The van der Waals surface area contributed by atoms with Crippen molar-refractivity contribution in [3.63, 3.8) is 0 Å². The van der Waals surface area contributed by atoms with Gasteiger partial charge in [-0.2, -0.15) is 30.0 Å². The molecule has 2 unspecified atom stereocenters. The summed E-state index contributed by atoms with van der Waals surface area (Å²) in [4.78, 5) is 9.40. The van der Waals surface area contributed by atoms with E-state index in [4.69, 9.17) is 29.2 Å². The summed E-state index contributed by atoms with van der Waals surface area (Å²) in [5.74, 6) is 0.812. The molecule has 2 atom stereocenters. The lowest BCUT2D eigenvalue weighted by Gasteiger charge is -2.31. The van der Waals surface area contributed by atoms with E-state index < -0.39 is 27.8 Å². The molecule has 8 nitrogen and oxygen atoms in total. The second-order valence-electron chi connectivity index (χ2n) is 29.7. The summed E-state index contributed by atoms with van der Waals surface area (Å²) in [6, 6.07) is 42.3. The minimum Gasteiger partial charge on any atom is -0.461 e. The highest BCUT2D eigenvalue weighted by Gasteiger charge is 2.38. The third-order valence-corrected chi connectivity index (χ3v) is 39.9. The molecule has 4 aromatic carbocycles. The van der Waals surface area contributed by atoms with E-state index in [1.165, 1.54) is 159 Å². The molecule has 0 aliphatic heterocycles. The number of rotatable bonds is 39. The van der Waals surface area contributed by atoms with Crippen molar-refractivity contribution >= 4 is 115 Å². The number of fused-ring (bicyclic) bond motifs is 4. The molecule has 12 aromatic rings. The van der Waals surface area contributed by atoms with E-state index in [1.54, 1.807) is 21.1 Å². The molecule has 542 valence electrons. The Hall–Kier alpha value is -6.15. The van der Waals surface area contributed by atoms with Gasteiger partial charge in [0.2, 0.25) is 0 Å². The smallest absolute Gasteiger partial charge is 0.168 e. The number of thiophene rings is 4. The van der Waals surface area contributed by atoms with E-state index in [9.17, 15) is 0 Å². The van der Waals surface area contributed by atoms with Crippen LogP contribution in [0.4, 0.5) is 8.78 Å². The van der Waals surface area contributed by atoms with Crippen molar-refractivity contribution < 1.29 is 17.6 Å². The lowest BCUT2D eigenvalue weighted by Crippen LogP contribution is -2.45. The Kier molecular flexibility index (Phi) is 25.5. The molecule has 0 amide bonds. The van der Waals surface area contributed by atoms with Crippen molar-refractivity contribution in [2.45, 2.75) is 261 Å². The van der Waals surface area contributed by atoms with Crippen LogP contribution in [0.1, 0.15) is 209 Å². The van der Waals surface area contributed by atoms with Gasteiger partial charge < -0.3 is 8.83 Å². The number of furan rings is 2. The molecule has 0 radical (unpaired) electrons. The van der Waals surface area contributed by atoms with Crippen molar-refractivity contribution in [3.05, 3.63) is 120 Å². The fraction of sp³-hybridized carbons (Fsp3) is 0.488. The molecular weight excluding hydrogens is 1370 g/mol. The number of hydrogen-bond donors (Lipinski definition) is 0. The molecule has 8 aromatic heterocycles. The normalized spacial score (nSPS) is 13.0. The van der Waals surface area contributed by atoms with Gasteiger partial charge in [-0.3, -0.25) is 0 Å². The van der Waals surface area contributed by atoms with Crippen LogP contribution in [0, 0.1) is 37.3 Å². The number of aromatic nitrogens is 6. The second kappa shape index (κ2) is 34.4. The topological polar surface area (TPSA) is 87.7 Å². The molecule has 0 N–H and O–H groups in total. The maximum atomic E-state index is 17.0. The molecule has 0 spiro atoms. The van der Waals surface area contributed by atoms with Crippen LogP contribution in [0.25, 0.3) is 118 Å². The molecule has 0 saturated carbocycles. The summed E-state index contributed by atoms with van der Waals surface area (Å²) in [6.07, 6.45) is 23.9. The third-order valence-electron chi connectivity index (χ3n) is 22.3. The van der Waals surface area contributed by atoms with E-state index in [0.717, 1.165) is 144 Å². The van der Waals surface area contributed by atoms with Crippen LogP contribution in [-0.2, 0) is 13.1 Å². The first kappa shape index (κ1) is 75.5. The zero-order chi connectivity index (χ0) is 71.7. The Balaban J connectivity index is 0.973. The summed E-state index contributed by atoms with van der Waals surface area (Å²) in [5, 5.41) is 23.1. The van der Waals surface area contributed by atoms with Crippen LogP contribution in [-0.4, -0.2) is 46.1 Å². The number of unbranched alkanes of at least 4 members (excludes halogenated alkanes) is 8. The number of aryl methyl sites for hydroxylation is 2. The zero-order valence-electron chi connectivity index (χ0n) is 63.1. The maximum Gasteiger partial charge on any atom is 0.168 e. The fourth-order valence-corrected chi connectivity index (χ4v) is 34.0. The summed E-state index contributed by atoms with van der Waals surface area (Å²) < 4.78 is 51.9. The van der Waals surface area contributed by atoms with Crippen LogP contribution in [0.15, 0.2) is 106 Å². The highest BCUT2D eigenvalue weighted by atomic mass is 32.1. The molecular formula is C86H110F2N6O2S4Si2. The number of nitrogens with zero attached hydrogens (tertiary/aromatic N) is 6. The van der Waals surface area contributed by atoms with Crippen LogP contribution in [0.2, 0.25) is 36.3 Å². The number of benzene rings is 4. The standard InChI is InChI=1S/C86H110F2N6O2S4Si2/c1-13-23-31-59(21-9)55-93-89-81-57(11)33-34-64(83(81)91-93)71-41-39-69(97-71)62-36-37-63(80(88)79(62)87)70-40-42-72(98-70)65-38-35-61(82-84(65)92-94(90-82)56-60(22-10)32-24-14-2)68-54-67-78(74-44-46-76(100-74)102(50-28-18-6,51-29-19-7)52-30-20-8)85-66(53-58(12)95-85)77(86(67)96-68)73-43-45-75(99-73)101(47-25-15-3,48-26-16-4)49-27-17-5/h33-46,53-54,59-60H,13-32,47-52,55-56H2,1-12H3. The van der Waals surface area contributed by atoms with E-state index in [-0.39, 0.29) is 11.1 Å². The molecule has 0 fully saturated rings. The summed E-state index contributed by atoms with van der Waals surface area (Å²) in [5.41, 5.74) is 11.5. The minimum absolute atomic E-state index is 0.223. The second-order valence-corrected chi connectivity index (χ2v) is 43.9. The number of halogens is 2. The highest BCUT2D eigenvalue weighted by molar-refractivity contribution is 7.30. The number of hydrogen-bond acceptors (Lipinski definition) is 10. The molecule has 102 heavy (non-hydrogen) atoms. The van der Waals surface area contributed by atoms with E-state index in [2.05, 4.69) is 144 Å². The van der Waals surface area contributed by atoms with Gasteiger partial charge in [0.25, 0.3) is 0 Å². The predicted octanol–water partition coefficient (Wildman–Crippen LogP) is 28.0. The van der Waals surface area contributed by atoms with Gasteiger partial charge in [0, 0.05) is 79.0 Å². The monoisotopic (exact) mass is 1480 g/mol. The predicted molar refractivity (Wildman–Crippen MR) is 443 cm³/mol. The Morgan fingerprint density at radius 1 is 0.382 bits per heavy atom. The van der Waals surface area contributed by atoms with Gasteiger partial charge >= 0.3 is 0 Å². The molecule has 0 saturated heterocycles.